The highest BCUT2D eigenvalue weighted by atomic mass is 79.9. The van der Waals surface area contributed by atoms with Gasteiger partial charge in [0, 0.05) is 28.5 Å². The minimum atomic E-state index is 0.144. The van der Waals surface area contributed by atoms with Crippen molar-refractivity contribution in [3.8, 4) is 0 Å². The third kappa shape index (κ3) is 3.76. The van der Waals surface area contributed by atoms with Gasteiger partial charge in [-0.15, -0.1) is 0 Å². The van der Waals surface area contributed by atoms with Crippen LogP contribution in [0.1, 0.15) is 48.0 Å². The first-order valence-electron chi connectivity index (χ1n) is 7.26. The molecule has 0 bridgehead atoms. The molecule has 0 N–H and O–H groups in total. The molecule has 0 spiro atoms. The monoisotopic (exact) mass is 357 g/mol. The van der Waals surface area contributed by atoms with Crippen LogP contribution in [0.25, 0.3) is 0 Å². The highest BCUT2D eigenvalue weighted by Gasteiger charge is 2.26. The Hall–Kier alpha value is -0.540. The van der Waals surface area contributed by atoms with E-state index in [9.17, 15) is 4.79 Å². The number of nitrogens with zero attached hydrogens (tertiary/aromatic N) is 1. The summed E-state index contributed by atoms with van der Waals surface area (Å²) in [6.07, 6.45) is 6.02. The van der Waals surface area contributed by atoms with Crippen molar-refractivity contribution in [3.63, 3.8) is 0 Å². The first-order valence-corrected chi connectivity index (χ1v) is 8.76. The van der Waals surface area contributed by atoms with E-state index >= 15 is 0 Å². The highest BCUT2D eigenvalue weighted by molar-refractivity contribution is 9.09. The Morgan fingerprint density at radius 1 is 1.35 bits per heavy atom. The normalized spacial score (nSPS) is 16.1. The van der Waals surface area contributed by atoms with Gasteiger partial charge in [0.1, 0.15) is 0 Å². The van der Waals surface area contributed by atoms with Crippen molar-refractivity contribution in [3.05, 3.63) is 34.3 Å². The molecule has 20 heavy (non-hydrogen) atoms. The number of aryl methyl sites for hydroxylation is 1. The largest absolute Gasteiger partial charge is 0.335 e. The van der Waals surface area contributed by atoms with E-state index in [1.54, 1.807) is 6.07 Å². The standard InChI is InChI=1S/C16H21BrClNO/c1-12-11-13(18)7-8-15(12)16(20)19(10-9-17)14-5-3-2-4-6-14/h7-8,11,14H,2-6,9-10H2,1H3. The molecule has 1 aliphatic carbocycles. The van der Waals surface area contributed by atoms with Crippen LogP contribution in [0.2, 0.25) is 5.02 Å². The van der Waals surface area contributed by atoms with Crippen LogP contribution in [0.3, 0.4) is 0 Å². The first-order chi connectivity index (χ1) is 9.63. The molecule has 1 aromatic carbocycles. The number of hydrogen-bond acceptors (Lipinski definition) is 1. The van der Waals surface area contributed by atoms with Crippen LogP contribution in [0.15, 0.2) is 18.2 Å². The smallest absolute Gasteiger partial charge is 0.254 e. The van der Waals surface area contributed by atoms with Gasteiger partial charge < -0.3 is 4.90 Å². The summed E-state index contributed by atoms with van der Waals surface area (Å²) in [7, 11) is 0. The van der Waals surface area contributed by atoms with Gasteiger partial charge in [-0.3, -0.25) is 4.79 Å². The van der Waals surface area contributed by atoms with E-state index < -0.39 is 0 Å². The third-order valence-corrected chi connectivity index (χ3v) is 4.61. The van der Waals surface area contributed by atoms with Crippen molar-refractivity contribution in [1.82, 2.24) is 4.90 Å². The molecule has 0 aliphatic heterocycles. The predicted octanol–water partition coefficient (Wildman–Crippen LogP) is 4.82. The van der Waals surface area contributed by atoms with E-state index in [1.165, 1.54) is 19.3 Å². The number of carbonyl (C=O) groups excluding carboxylic acids is 1. The molecule has 0 heterocycles. The molecule has 0 radical (unpaired) electrons. The minimum Gasteiger partial charge on any atom is -0.335 e. The van der Waals surface area contributed by atoms with Gasteiger partial charge in [0.15, 0.2) is 0 Å². The van der Waals surface area contributed by atoms with E-state index in [1.807, 2.05) is 24.0 Å². The molecular weight excluding hydrogens is 338 g/mol. The summed E-state index contributed by atoms with van der Waals surface area (Å²) in [4.78, 5) is 14.9. The fraction of sp³-hybridized carbons (Fsp3) is 0.562. The lowest BCUT2D eigenvalue weighted by molar-refractivity contribution is 0.0650. The average molecular weight is 359 g/mol. The van der Waals surface area contributed by atoms with Gasteiger partial charge in [0.2, 0.25) is 0 Å². The Kier molecular flexibility index (Phi) is 5.91. The molecule has 0 atom stereocenters. The molecule has 1 fully saturated rings. The maximum absolute atomic E-state index is 12.8. The molecule has 2 rings (SSSR count). The van der Waals surface area contributed by atoms with Crippen LogP contribution in [0.5, 0.6) is 0 Å². The molecular formula is C16H21BrClNO. The lowest BCUT2D eigenvalue weighted by Gasteiger charge is -2.34. The summed E-state index contributed by atoms with van der Waals surface area (Å²) < 4.78 is 0. The summed E-state index contributed by atoms with van der Waals surface area (Å²) in [5, 5.41) is 1.51. The van der Waals surface area contributed by atoms with Gasteiger partial charge in [-0.1, -0.05) is 46.8 Å². The van der Waals surface area contributed by atoms with Gasteiger partial charge in [0.05, 0.1) is 0 Å². The Labute approximate surface area is 134 Å². The number of amides is 1. The van der Waals surface area contributed by atoms with Crippen LogP contribution >= 0.6 is 27.5 Å². The summed E-state index contributed by atoms with van der Waals surface area (Å²) in [5.41, 5.74) is 1.74. The maximum atomic E-state index is 12.8. The van der Waals surface area contributed by atoms with Crippen molar-refractivity contribution in [2.24, 2.45) is 0 Å². The van der Waals surface area contributed by atoms with Gasteiger partial charge in [-0.2, -0.15) is 0 Å². The number of halogens is 2. The maximum Gasteiger partial charge on any atom is 0.254 e. The minimum absolute atomic E-state index is 0.144. The lowest BCUT2D eigenvalue weighted by atomic mass is 9.93. The number of alkyl halides is 1. The molecule has 2 nitrogen and oxygen atoms in total. The number of benzene rings is 1. The summed E-state index contributed by atoms with van der Waals surface area (Å²) in [5.74, 6) is 0.144. The van der Waals surface area contributed by atoms with Crippen LogP contribution in [-0.2, 0) is 0 Å². The molecule has 1 aromatic rings. The van der Waals surface area contributed by atoms with Gasteiger partial charge in [0.25, 0.3) is 5.91 Å². The summed E-state index contributed by atoms with van der Waals surface area (Å²) in [6.45, 7) is 2.72. The van der Waals surface area contributed by atoms with E-state index in [-0.39, 0.29) is 5.91 Å². The van der Waals surface area contributed by atoms with E-state index in [0.717, 1.165) is 35.8 Å². The van der Waals surface area contributed by atoms with Crippen LogP contribution in [0.4, 0.5) is 0 Å². The fourth-order valence-electron chi connectivity index (χ4n) is 2.96. The zero-order chi connectivity index (χ0) is 14.5. The molecule has 0 saturated heterocycles. The molecule has 0 aromatic heterocycles. The summed E-state index contributed by atoms with van der Waals surface area (Å²) >= 11 is 9.45. The third-order valence-electron chi connectivity index (χ3n) is 4.02. The van der Waals surface area contributed by atoms with Gasteiger partial charge in [-0.05, 0) is 43.5 Å². The zero-order valence-electron chi connectivity index (χ0n) is 11.9. The van der Waals surface area contributed by atoms with E-state index in [4.69, 9.17) is 11.6 Å². The van der Waals surface area contributed by atoms with Crippen molar-refractivity contribution in [2.75, 3.05) is 11.9 Å². The Balaban J connectivity index is 2.21. The topological polar surface area (TPSA) is 20.3 Å². The SMILES string of the molecule is Cc1cc(Cl)ccc1C(=O)N(CCBr)C1CCCCC1. The van der Waals surface area contributed by atoms with Gasteiger partial charge in [-0.25, -0.2) is 0 Å². The fourth-order valence-corrected chi connectivity index (χ4v) is 3.56. The zero-order valence-corrected chi connectivity index (χ0v) is 14.2. The van der Waals surface area contributed by atoms with Crippen LogP contribution in [0, 0.1) is 6.92 Å². The van der Waals surface area contributed by atoms with Crippen molar-refractivity contribution in [2.45, 2.75) is 45.1 Å². The van der Waals surface area contributed by atoms with E-state index in [2.05, 4.69) is 15.9 Å². The average Bonchev–Trinajstić information content (AvgIpc) is 2.45. The molecule has 110 valence electrons. The van der Waals surface area contributed by atoms with Crippen LogP contribution < -0.4 is 0 Å². The van der Waals surface area contributed by atoms with E-state index in [0.29, 0.717) is 11.1 Å². The van der Waals surface area contributed by atoms with Gasteiger partial charge >= 0.3 is 0 Å². The second-order valence-electron chi connectivity index (χ2n) is 5.44. The number of carbonyl (C=O) groups is 1. The lowest BCUT2D eigenvalue weighted by Crippen LogP contribution is -2.42. The molecule has 1 aliphatic rings. The van der Waals surface area contributed by atoms with Crippen molar-refractivity contribution >= 4 is 33.4 Å². The molecule has 1 saturated carbocycles. The predicted molar refractivity (Wildman–Crippen MR) is 87.9 cm³/mol. The second kappa shape index (κ2) is 7.46. The van der Waals surface area contributed by atoms with Crippen LogP contribution in [-0.4, -0.2) is 28.7 Å². The van der Waals surface area contributed by atoms with Crippen molar-refractivity contribution in [1.29, 1.82) is 0 Å². The number of hydrogen-bond donors (Lipinski definition) is 0. The Morgan fingerprint density at radius 3 is 2.65 bits per heavy atom. The second-order valence-corrected chi connectivity index (χ2v) is 6.67. The highest BCUT2D eigenvalue weighted by Crippen LogP contribution is 2.25. The van der Waals surface area contributed by atoms with Crippen molar-refractivity contribution < 1.29 is 4.79 Å². The quantitative estimate of drug-likeness (QED) is 0.707. The molecule has 4 heteroatoms. The molecule has 1 amide bonds. The Bertz CT molecular complexity index is 472. The number of rotatable bonds is 4. The summed E-state index contributed by atoms with van der Waals surface area (Å²) in [6, 6.07) is 5.91. The Morgan fingerprint density at radius 2 is 2.05 bits per heavy atom. The first kappa shape index (κ1) is 15.8. The molecule has 0 unspecified atom stereocenters.